The van der Waals surface area contributed by atoms with E-state index in [1.807, 2.05) is 18.2 Å². The van der Waals surface area contributed by atoms with Crippen molar-refractivity contribution in [3.63, 3.8) is 0 Å². The molecule has 1 atom stereocenters. The minimum atomic E-state index is 0.155. The molecule has 1 aliphatic rings. The highest BCUT2D eigenvalue weighted by molar-refractivity contribution is 6.42. The van der Waals surface area contributed by atoms with Gasteiger partial charge in [0.25, 0.3) is 0 Å². The Labute approximate surface area is 131 Å². The molecule has 1 aliphatic heterocycles. The van der Waals surface area contributed by atoms with Gasteiger partial charge >= 0.3 is 0 Å². The third-order valence-corrected chi connectivity index (χ3v) is 5.08. The van der Waals surface area contributed by atoms with Crippen molar-refractivity contribution in [1.29, 1.82) is 0 Å². The van der Waals surface area contributed by atoms with Gasteiger partial charge in [0, 0.05) is 37.8 Å². The van der Waals surface area contributed by atoms with Gasteiger partial charge in [-0.25, -0.2) is 0 Å². The zero-order valence-electron chi connectivity index (χ0n) is 12.4. The molecule has 1 aromatic rings. The summed E-state index contributed by atoms with van der Waals surface area (Å²) in [4.78, 5) is 4.84. The van der Waals surface area contributed by atoms with Gasteiger partial charge in [-0.1, -0.05) is 29.3 Å². The van der Waals surface area contributed by atoms with Gasteiger partial charge in [-0.15, -0.1) is 0 Å². The van der Waals surface area contributed by atoms with Crippen LogP contribution in [0.5, 0.6) is 0 Å². The molecule has 1 unspecified atom stereocenters. The Morgan fingerprint density at radius 2 is 1.95 bits per heavy atom. The lowest BCUT2D eigenvalue weighted by atomic mass is 9.96. The number of hydrogen-bond acceptors (Lipinski definition) is 3. The number of piperazine rings is 1. The van der Waals surface area contributed by atoms with Gasteiger partial charge in [0.2, 0.25) is 0 Å². The number of halogens is 2. The van der Waals surface area contributed by atoms with Crippen LogP contribution in [0.15, 0.2) is 18.2 Å². The number of likely N-dealkylation sites (N-methyl/N-ethyl adjacent to an activating group) is 1. The quantitative estimate of drug-likeness (QED) is 0.930. The number of hydrogen-bond donors (Lipinski definition) is 1. The van der Waals surface area contributed by atoms with E-state index in [0.717, 1.165) is 25.2 Å². The Morgan fingerprint density at radius 1 is 1.25 bits per heavy atom. The minimum Gasteiger partial charge on any atom is -0.329 e. The molecular weight excluding hydrogens is 293 g/mol. The largest absolute Gasteiger partial charge is 0.329 e. The van der Waals surface area contributed by atoms with Crippen LogP contribution in [0.25, 0.3) is 0 Å². The molecule has 0 aromatic heterocycles. The van der Waals surface area contributed by atoms with Crippen LogP contribution >= 0.6 is 23.2 Å². The zero-order chi connectivity index (χ0) is 14.9. The fourth-order valence-corrected chi connectivity index (χ4v) is 3.07. The van der Waals surface area contributed by atoms with Gasteiger partial charge in [-0.3, -0.25) is 9.80 Å². The average Bonchev–Trinajstić information content (AvgIpc) is 2.38. The van der Waals surface area contributed by atoms with Crippen LogP contribution in [0, 0.1) is 0 Å². The summed E-state index contributed by atoms with van der Waals surface area (Å²) in [6.07, 6.45) is 0. The Balaban J connectivity index is 2.22. The van der Waals surface area contributed by atoms with E-state index in [0.29, 0.717) is 16.6 Å². The SMILES string of the molecule is CN1CCN(C(CN)c2ccc(Cl)c(Cl)c2)CC1(C)C. The average molecular weight is 316 g/mol. The Hall–Kier alpha value is -0.320. The van der Waals surface area contributed by atoms with Crippen molar-refractivity contribution in [2.45, 2.75) is 25.4 Å². The van der Waals surface area contributed by atoms with Crippen molar-refractivity contribution >= 4 is 23.2 Å². The molecule has 2 N–H and O–H groups in total. The zero-order valence-corrected chi connectivity index (χ0v) is 13.9. The summed E-state index contributed by atoms with van der Waals surface area (Å²) in [6, 6.07) is 6.00. The molecule has 1 heterocycles. The van der Waals surface area contributed by atoms with Gasteiger partial charge < -0.3 is 5.73 Å². The van der Waals surface area contributed by atoms with Crippen molar-refractivity contribution in [2.24, 2.45) is 5.73 Å². The first-order valence-electron chi connectivity index (χ1n) is 6.95. The third kappa shape index (κ3) is 3.29. The molecule has 1 aromatic carbocycles. The maximum absolute atomic E-state index is 6.13. The normalized spacial score (nSPS) is 21.9. The first-order chi connectivity index (χ1) is 9.35. The van der Waals surface area contributed by atoms with Crippen LogP contribution in [0.1, 0.15) is 25.5 Å². The van der Waals surface area contributed by atoms with Crippen molar-refractivity contribution in [3.05, 3.63) is 33.8 Å². The second kappa shape index (κ2) is 6.20. The Morgan fingerprint density at radius 3 is 2.50 bits per heavy atom. The molecule has 0 saturated carbocycles. The standard InChI is InChI=1S/C15H23Cl2N3/c1-15(2)10-20(7-6-19(15)3)14(9-18)11-4-5-12(16)13(17)8-11/h4-5,8,14H,6-7,9-10,18H2,1-3H3. The van der Waals surface area contributed by atoms with E-state index in [4.69, 9.17) is 28.9 Å². The highest BCUT2D eigenvalue weighted by Gasteiger charge is 2.34. The molecule has 3 nitrogen and oxygen atoms in total. The lowest BCUT2D eigenvalue weighted by molar-refractivity contribution is 0.0180. The molecule has 0 spiro atoms. The summed E-state index contributed by atoms with van der Waals surface area (Å²) in [5.74, 6) is 0. The molecule has 0 aliphatic carbocycles. The van der Waals surface area contributed by atoms with Crippen molar-refractivity contribution < 1.29 is 0 Å². The summed E-state index contributed by atoms with van der Waals surface area (Å²) in [7, 11) is 2.17. The number of nitrogens with zero attached hydrogens (tertiary/aromatic N) is 2. The van der Waals surface area contributed by atoms with E-state index in [9.17, 15) is 0 Å². The van der Waals surface area contributed by atoms with Gasteiger partial charge in [0.1, 0.15) is 0 Å². The van der Waals surface area contributed by atoms with Crippen LogP contribution in [0.2, 0.25) is 10.0 Å². The molecule has 1 saturated heterocycles. The van der Waals surface area contributed by atoms with Gasteiger partial charge in [0.05, 0.1) is 10.0 Å². The maximum atomic E-state index is 6.13. The van der Waals surface area contributed by atoms with Crippen LogP contribution in [0.4, 0.5) is 0 Å². The smallest absolute Gasteiger partial charge is 0.0595 e. The third-order valence-electron chi connectivity index (χ3n) is 4.34. The summed E-state index contributed by atoms with van der Waals surface area (Å²) < 4.78 is 0. The minimum absolute atomic E-state index is 0.155. The van der Waals surface area contributed by atoms with Crippen LogP contribution in [-0.4, -0.2) is 48.6 Å². The molecule has 0 radical (unpaired) electrons. The monoisotopic (exact) mass is 315 g/mol. The molecular formula is C15H23Cl2N3. The molecule has 5 heteroatoms. The summed E-state index contributed by atoms with van der Waals surface area (Å²) in [6.45, 7) is 8.17. The molecule has 112 valence electrons. The fraction of sp³-hybridized carbons (Fsp3) is 0.600. The Kier molecular flexibility index (Phi) is 4.98. The topological polar surface area (TPSA) is 32.5 Å². The van der Waals surface area contributed by atoms with E-state index < -0.39 is 0 Å². The predicted octanol–water partition coefficient (Wildman–Crippen LogP) is 3.02. The molecule has 2 rings (SSSR count). The Bertz CT molecular complexity index is 476. The van der Waals surface area contributed by atoms with E-state index in [1.165, 1.54) is 0 Å². The molecule has 0 bridgehead atoms. The lowest BCUT2D eigenvalue weighted by Gasteiger charge is -2.48. The highest BCUT2D eigenvalue weighted by Crippen LogP contribution is 2.30. The van der Waals surface area contributed by atoms with E-state index in [2.05, 4.69) is 30.7 Å². The number of rotatable bonds is 3. The van der Waals surface area contributed by atoms with E-state index in [-0.39, 0.29) is 11.6 Å². The second-order valence-electron chi connectivity index (χ2n) is 6.13. The number of nitrogens with two attached hydrogens (primary N) is 1. The number of benzene rings is 1. The van der Waals surface area contributed by atoms with Crippen LogP contribution < -0.4 is 5.73 Å². The second-order valence-corrected chi connectivity index (χ2v) is 6.94. The van der Waals surface area contributed by atoms with Gasteiger partial charge in [-0.05, 0) is 38.6 Å². The lowest BCUT2D eigenvalue weighted by Crippen LogP contribution is -2.58. The maximum Gasteiger partial charge on any atom is 0.0595 e. The first-order valence-corrected chi connectivity index (χ1v) is 7.71. The van der Waals surface area contributed by atoms with Crippen molar-refractivity contribution in [1.82, 2.24) is 9.80 Å². The summed E-state index contributed by atoms with van der Waals surface area (Å²) >= 11 is 12.1. The predicted molar refractivity (Wildman–Crippen MR) is 86.5 cm³/mol. The van der Waals surface area contributed by atoms with Crippen LogP contribution in [-0.2, 0) is 0 Å². The van der Waals surface area contributed by atoms with E-state index in [1.54, 1.807) is 0 Å². The molecule has 20 heavy (non-hydrogen) atoms. The summed E-state index contributed by atoms with van der Waals surface area (Å²) in [5.41, 5.74) is 7.31. The molecule has 0 amide bonds. The van der Waals surface area contributed by atoms with Gasteiger partial charge in [0.15, 0.2) is 0 Å². The fourth-order valence-electron chi connectivity index (χ4n) is 2.76. The van der Waals surface area contributed by atoms with Gasteiger partial charge in [-0.2, -0.15) is 0 Å². The molecule has 1 fully saturated rings. The first kappa shape index (κ1) is 16.1. The van der Waals surface area contributed by atoms with E-state index >= 15 is 0 Å². The van der Waals surface area contributed by atoms with Crippen molar-refractivity contribution in [3.8, 4) is 0 Å². The highest BCUT2D eigenvalue weighted by atomic mass is 35.5. The van der Waals surface area contributed by atoms with Crippen LogP contribution in [0.3, 0.4) is 0 Å². The van der Waals surface area contributed by atoms with Crippen molar-refractivity contribution in [2.75, 3.05) is 33.2 Å². The summed E-state index contributed by atoms with van der Waals surface area (Å²) in [5, 5.41) is 1.18.